The first-order chi connectivity index (χ1) is 7.76. The lowest BCUT2D eigenvalue weighted by atomic mass is 9.98. The summed E-state index contributed by atoms with van der Waals surface area (Å²) in [7, 11) is 0. The second-order valence-electron chi connectivity index (χ2n) is 5.36. The van der Waals surface area contributed by atoms with Gasteiger partial charge in [-0.25, -0.2) is 0 Å². The van der Waals surface area contributed by atoms with E-state index in [1.807, 2.05) is 0 Å². The highest BCUT2D eigenvalue weighted by Gasteiger charge is 2.13. The molecular weight excluding hydrogens is 196 g/mol. The maximum atomic E-state index is 3.72. The van der Waals surface area contributed by atoms with Gasteiger partial charge in [0.25, 0.3) is 0 Å². The highest BCUT2D eigenvalue weighted by molar-refractivity contribution is 4.71. The lowest BCUT2D eigenvalue weighted by Crippen LogP contribution is -2.36. The lowest BCUT2D eigenvalue weighted by Gasteiger charge is -2.22. The van der Waals surface area contributed by atoms with Crippen molar-refractivity contribution in [2.24, 2.45) is 5.92 Å². The topological polar surface area (TPSA) is 15.3 Å². The van der Waals surface area contributed by atoms with Crippen LogP contribution in [-0.4, -0.2) is 37.1 Å². The Morgan fingerprint density at radius 1 is 1.12 bits per heavy atom. The molecule has 0 aromatic heterocycles. The van der Waals surface area contributed by atoms with E-state index in [2.05, 4.69) is 31.0 Å². The standard InChI is InChI=1S/C14H30N2/c1-4-13(3)12-14(5-2)15-8-11-16-9-6-7-10-16/h13-15H,4-12H2,1-3H3. The first-order valence-corrected chi connectivity index (χ1v) is 7.22. The number of likely N-dealkylation sites (tertiary alicyclic amines) is 1. The average molecular weight is 226 g/mol. The predicted molar refractivity (Wildman–Crippen MR) is 71.8 cm³/mol. The first kappa shape index (κ1) is 14.0. The van der Waals surface area contributed by atoms with Crippen LogP contribution in [-0.2, 0) is 0 Å². The molecule has 1 rings (SSSR count). The van der Waals surface area contributed by atoms with Crippen molar-refractivity contribution in [1.82, 2.24) is 10.2 Å². The van der Waals surface area contributed by atoms with Crippen molar-refractivity contribution in [2.45, 2.75) is 58.9 Å². The Labute approximate surface area is 102 Å². The molecule has 1 N–H and O–H groups in total. The summed E-state index contributed by atoms with van der Waals surface area (Å²) < 4.78 is 0. The summed E-state index contributed by atoms with van der Waals surface area (Å²) in [5, 5.41) is 3.72. The predicted octanol–water partition coefficient (Wildman–Crippen LogP) is 2.89. The average Bonchev–Trinajstić information content (AvgIpc) is 2.80. The van der Waals surface area contributed by atoms with E-state index < -0.39 is 0 Å². The molecule has 96 valence electrons. The molecule has 0 saturated carbocycles. The van der Waals surface area contributed by atoms with Crippen molar-refractivity contribution in [1.29, 1.82) is 0 Å². The highest BCUT2D eigenvalue weighted by Crippen LogP contribution is 2.12. The molecule has 1 fully saturated rings. The minimum atomic E-state index is 0.734. The number of hydrogen-bond acceptors (Lipinski definition) is 2. The molecule has 0 amide bonds. The molecule has 1 heterocycles. The zero-order valence-corrected chi connectivity index (χ0v) is 11.5. The molecule has 0 radical (unpaired) electrons. The van der Waals surface area contributed by atoms with Gasteiger partial charge in [0.2, 0.25) is 0 Å². The van der Waals surface area contributed by atoms with Gasteiger partial charge in [0, 0.05) is 19.1 Å². The van der Waals surface area contributed by atoms with Gasteiger partial charge in [0.05, 0.1) is 0 Å². The fourth-order valence-electron chi connectivity index (χ4n) is 2.48. The van der Waals surface area contributed by atoms with Gasteiger partial charge in [0.15, 0.2) is 0 Å². The van der Waals surface area contributed by atoms with Gasteiger partial charge < -0.3 is 10.2 Å². The van der Waals surface area contributed by atoms with E-state index in [1.165, 1.54) is 58.3 Å². The largest absolute Gasteiger partial charge is 0.313 e. The summed E-state index contributed by atoms with van der Waals surface area (Å²) >= 11 is 0. The van der Waals surface area contributed by atoms with Crippen LogP contribution in [0.1, 0.15) is 52.9 Å². The molecule has 0 bridgehead atoms. The van der Waals surface area contributed by atoms with Crippen LogP contribution in [0.5, 0.6) is 0 Å². The molecule has 0 aromatic rings. The summed E-state index contributed by atoms with van der Waals surface area (Å²) in [6, 6.07) is 0.734. The zero-order chi connectivity index (χ0) is 11.8. The van der Waals surface area contributed by atoms with Crippen LogP contribution in [0.25, 0.3) is 0 Å². The molecular formula is C14H30N2. The van der Waals surface area contributed by atoms with Crippen molar-refractivity contribution < 1.29 is 0 Å². The number of nitrogens with one attached hydrogen (secondary N) is 1. The Kier molecular flexibility index (Phi) is 7.06. The molecule has 1 aliphatic heterocycles. The van der Waals surface area contributed by atoms with E-state index in [0.29, 0.717) is 0 Å². The quantitative estimate of drug-likeness (QED) is 0.684. The van der Waals surface area contributed by atoms with Crippen molar-refractivity contribution in [2.75, 3.05) is 26.2 Å². The van der Waals surface area contributed by atoms with Gasteiger partial charge in [-0.2, -0.15) is 0 Å². The summed E-state index contributed by atoms with van der Waals surface area (Å²) in [5.41, 5.74) is 0. The van der Waals surface area contributed by atoms with Crippen molar-refractivity contribution in [3.63, 3.8) is 0 Å². The van der Waals surface area contributed by atoms with E-state index >= 15 is 0 Å². The Morgan fingerprint density at radius 2 is 1.81 bits per heavy atom. The Hall–Kier alpha value is -0.0800. The summed E-state index contributed by atoms with van der Waals surface area (Å²) in [6.45, 7) is 12.0. The molecule has 16 heavy (non-hydrogen) atoms. The molecule has 1 aliphatic rings. The van der Waals surface area contributed by atoms with Gasteiger partial charge >= 0.3 is 0 Å². The van der Waals surface area contributed by atoms with Crippen LogP contribution in [0, 0.1) is 5.92 Å². The highest BCUT2D eigenvalue weighted by atomic mass is 15.2. The van der Waals surface area contributed by atoms with Crippen molar-refractivity contribution in [3.8, 4) is 0 Å². The minimum absolute atomic E-state index is 0.734. The summed E-state index contributed by atoms with van der Waals surface area (Å²) in [6.07, 6.45) is 6.73. The minimum Gasteiger partial charge on any atom is -0.313 e. The molecule has 0 spiro atoms. The molecule has 2 heteroatoms. The van der Waals surface area contributed by atoms with E-state index in [0.717, 1.165) is 12.0 Å². The number of nitrogens with zero attached hydrogens (tertiary/aromatic N) is 1. The van der Waals surface area contributed by atoms with Crippen LogP contribution >= 0.6 is 0 Å². The van der Waals surface area contributed by atoms with E-state index in [4.69, 9.17) is 0 Å². The number of hydrogen-bond donors (Lipinski definition) is 1. The monoisotopic (exact) mass is 226 g/mol. The smallest absolute Gasteiger partial charge is 0.0107 e. The Balaban J connectivity index is 2.08. The third-order valence-electron chi connectivity index (χ3n) is 3.94. The molecule has 0 aliphatic carbocycles. The van der Waals surface area contributed by atoms with Gasteiger partial charge in [0.1, 0.15) is 0 Å². The van der Waals surface area contributed by atoms with E-state index in [-0.39, 0.29) is 0 Å². The fraction of sp³-hybridized carbons (Fsp3) is 1.00. The summed E-state index contributed by atoms with van der Waals surface area (Å²) in [5.74, 6) is 0.865. The summed E-state index contributed by atoms with van der Waals surface area (Å²) in [4.78, 5) is 2.59. The van der Waals surface area contributed by atoms with E-state index in [1.54, 1.807) is 0 Å². The van der Waals surface area contributed by atoms with Gasteiger partial charge in [-0.1, -0.05) is 27.2 Å². The van der Waals surface area contributed by atoms with Gasteiger partial charge in [-0.3, -0.25) is 0 Å². The van der Waals surface area contributed by atoms with Crippen LogP contribution in [0.2, 0.25) is 0 Å². The molecule has 2 unspecified atom stereocenters. The van der Waals surface area contributed by atoms with Crippen LogP contribution in [0.4, 0.5) is 0 Å². The van der Waals surface area contributed by atoms with Crippen molar-refractivity contribution in [3.05, 3.63) is 0 Å². The maximum Gasteiger partial charge on any atom is 0.0107 e. The third kappa shape index (κ3) is 5.31. The fourth-order valence-corrected chi connectivity index (χ4v) is 2.48. The Morgan fingerprint density at radius 3 is 2.38 bits per heavy atom. The van der Waals surface area contributed by atoms with Crippen LogP contribution in [0.3, 0.4) is 0 Å². The normalized spacial score (nSPS) is 21.2. The SMILES string of the molecule is CCC(C)CC(CC)NCCN1CCCC1. The molecule has 2 nitrogen and oxygen atoms in total. The van der Waals surface area contributed by atoms with E-state index in [9.17, 15) is 0 Å². The molecule has 1 saturated heterocycles. The lowest BCUT2D eigenvalue weighted by molar-refractivity contribution is 0.312. The second-order valence-corrected chi connectivity index (χ2v) is 5.36. The van der Waals surface area contributed by atoms with Crippen LogP contribution < -0.4 is 5.32 Å². The molecule has 0 aromatic carbocycles. The molecule has 2 atom stereocenters. The van der Waals surface area contributed by atoms with Crippen molar-refractivity contribution >= 4 is 0 Å². The van der Waals surface area contributed by atoms with Crippen LogP contribution in [0.15, 0.2) is 0 Å². The number of rotatable bonds is 8. The second kappa shape index (κ2) is 8.08. The Bertz CT molecular complexity index is 164. The van der Waals surface area contributed by atoms with Gasteiger partial charge in [-0.15, -0.1) is 0 Å². The maximum absolute atomic E-state index is 3.72. The third-order valence-corrected chi connectivity index (χ3v) is 3.94. The zero-order valence-electron chi connectivity index (χ0n) is 11.5. The van der Waals surface area contributed by atoms with Gasteiger partial charge in [-0.05, 0) is 44.7 Å². The first-order valence-electron chi connectivity index (χ1n) is 7.22.